The molecule has 1 aliphatic rings. The van der Waals surface area contributed by atoms with Crippen LogP contribution in [-0.2, 0) is 6.54 Å². The molecule has 0 radical (unpaired) electrons. The quantitative estimate of drug-likeness (QED) is 0.536. The van der Waals surface area contributed by atoms with Gasteiger partial charge in [0.2, 0.25) is 0 Å². The fraction of sp³-hybridized carbons (Fsp3) is 0.636. The van der Waals surface area contributed by atoms with Crippen molar-refractivity contribution < 1.29 is 0 Å². The third kappa shape index (κ3) is 2.63. The fourth-order valence-corrected chi connectivity index (χ4v) is 18.6. The molecule has 0 amide bonds. The molecule has 90 valence electrons. The van der Waals surface area contributed by atoms with E-state index in [1.165, 1.54) is 21.5 Å². The third-order valence-electron chi connectivity index (χ3n) is 3.75. The topological polar surface area (TPSA) is 3.24 Å². The molecule has 0 atom stereocenters. The number of rotatable bonds is 2. The molecule has 16 heavy (non-hydrogen) atoms. The number of halogens is 1. The van der Waals surface area contributed by atoms with Crippen LogP contribution in [-0.4, -0.2) is 20.7 Å². The van der Waals surface area contributed by atoms with E-state index >= 15 is 0 Å². The van der Waals surface area contributed by atoms with E-state index in [9.17, 15) is 0 Å². The van der Waals surface area contributed by atoms with Crippen LogP contribution in [0.15, 0.2) is 12.1 Å². The highest BCUT2D eigenvalue weighted by Crippen LogP contribution is 2.38. The summed E-state index contributed by atoms with van der Waals surface area (Å²) in [4.78, 5) is 1.56. The van der Waals surface area contributed by atoms with Gasteiger partial charge in [-0.2, -0.15) is 0 Å². The summed E-state index contributed by atoms with van der Waals surface area (Å²) in [5.74, 6) is 0. The van der Waals surface area contributed by atoms with Crippen molar-refractivity contribution in [2.45, 2.75) is 44.8 Å². The van der Waals surface area contributed by atoms with Gasteiger partial charge in [-0.1, -0.05) is 26.2 Å². The lowest BCUT2D eigenvalue weighted by molar-refractivity contribution is 0.631. The van der Waals surface area contributed by atoms with Gasteiger partial charge in [0.05, 0.1) is 2.88 Å². The molecule has 0 N–H and O–H groups in total. The maximum atomic E-state index is 2.95. The largest absolute Gasteiger partial charge is 0.341 e. The Bertz CT molecular complexity index is 373. The number of hydrogen-bond donors (Lipinski definition) is 0. The molecule has 2 heterocycles. The average Bonchev–Trinajstić information content (AvgIpc) is 2.64. The molecule has 1 aromatic heterocycles. The van der Waals surface area contributed by atoms with E-state index in [0.717, 1.165) is 0 Å². The van der Waals surface area contributed by atoms with Gasteiger partial charge in [0.25, 0.3) is 0 Å². The zero-order chi connectivity index (χ0) is 12.0. The first-order valence-corrected chi connectivity index (χ1v) is 14.0. The summed E-state index contributed by atoms with van der Waals surface area (Å²) in [6.45, 7) is 11.4. The molecular formula is C11H20INSSi2. The van der Waals surface area contributed by atoms with Crippen LogP contribution in [0.25, 0.3) is 0 Å². The van der Waals surface area contributed by atoms with Crippen molar-refractivity contribution in [3.8, 4) is 0 Å². The molecule has 5 heteroatoms. The lowest BCUT2D eigenvalue weighted by atomic mass is 10.5. The van der Waals surface area contributed by atoms with Crippen LogP contribution in [0.1, 0.15) is 4.88 Å². The smallest absolute Gasteiger partial charge is 0.115 e. The molecule has 0 aliphatic carbocycles. The van der Waals surface area contributed by atoms with E-state index in [4.69, 9.17) is 0 Å². The number of nitrogens with zero attached hydrogens (tertiary/aromatic N) is 1. The second kappa shape index (κ2) is 4.49. The Kier molecular flexibility index (Phi) is 3.72. The minimum Gasteiger partial charge on any atom is -0.341 e. The normalized spacial score (nSPS) is 23.8. The first-order chi connectivity index (χ1) is 7.31. The molecular weight excluding hydrogens is 361 g/mol. The van der Waals surface area contributed by atoms with Crippen molar-refractivity contribution in [3.05, 3.63) is 19.9 Å². The molecule has 0 unspecified atom stereocenters. The van der Waals surface area contributed by atoms with Crippen molar-refractivity contribution in [2.24, 2.45) is 0 Å². The van der Waals surface area contributed by atoms with Crippen LogP contribution < -0.4 is 0 Å². The van der Waals surface area contributed by atoms with E-state index < -0.39 is 16.5 Å². The van der Waals surface area contributed by atoms with E-state index in [2.05, 4.69) is 65.1 Å². The highest BCUT2D eigenvalue weighted by atomic mass is 127. The van der Waals surface area contributed by atoms with Gasteiger partial charge in [-0.3, -0.25) is 0 Å². The van der Waals surface area contributed by atoms with E-state index in [1.807, 2.05) is 11.3 Å². The van der Waals surface area contributed by atoms with Crippen LogP contribution in [0.5, 0.6) is 0 Å². The molecule has 1 fully saturated rings. The minimum absolute atomic E-state index is 1.08. The Balaban J connectivity index is 2.19. The third-order valence-corrected chi connectivity index (χ3v) is 15.9. The maximum absolute atomic E-state index is 2.95. The summed E-state index contributed by atoms with van der Waals surface area (Å²) < 4.78 is 4.37. The zero-order valence-corrected chi connectivity index (χ0v) is 15.5. The van der Waals surface area contributed by atoms with E-state index in [-0.39, 0.29) is 0 Å². The molecule has 0 saturated carbocycles. The van der Waals surface area contributed by atoms with Crippen molar-refractivity contribution in [3.63, 3.8) is 0 Å². The Morgan fingerprint density at radius 2 is 1.75 bits per heavy atom. The van der Waals surface area contributed by atoms with Crippen molar-refractivity contribution in [1.82, 2.24) is 4.23 Å². The zero-order valence-electron chi connectivity index (χ0n) is 10.5. The van der Waals surface area contributed by atoms with Gasteiger partial charge in [-0.25, -0.2) is 0 Å². The Morgan fingerprint density at radius 3 is 2.19 bits per heavy atom. The Labute approximate surface area is 119 Å². The molecule has 1 nitrogen and oxygen atoms in total. The van der Waals surface area contributed by atoms with Gasteiger partial charge in [-0.05, 0) is 46.8 Å². The summed E-state index contributed by atoms with van der Waals surface area (Å²) in [5.41, 5.74) is 0. The van der Waals surface area contributed by atoms with Crippen LogP contribution in [0, 0.1) is 2.88 Å². The van der Waals surface area contributed by atoms with Crippen LogP contribution in [0.2, 0.25) is 38.3 Å². The van der Waals surface area contributed by atoms with Gasteiger partial charge in [-0.15, -0.1) is 11.3 Å². The summed E-state index contributed by atoms with van der Waals surface area (Å²) in [6, 6.07) is 7.59. The second-order valence-electron chi connectivity index (χ2n) is 5.92. The number of thiophene rings is 1. The minimum atomic E-state index is -1.08. The van der Waals surface area contributed by atoms with Crippen LogP contribution in [0.4, 0.5) is 0 Å². The number of hydrogen-bond acceptors (Lipinski definition) is 2. The van der Waals surface area contributed by atoms with Gasteiger partial charge in [0.15, 0.2) is 0 Å². The van der Waals surface area contributed by atoms with Crippen molar-refractivity contribution >= 4 is 50.4 Å². The standard InChI is InChI=1S/C11H20INSSi2/c1-15(2)7-8-16(3,4)13(15)9-10-5-6-11(12)14-10/h5-6H,7-9H2,1-4H3. The van der Waals surface area contributed by atoms with Crippen LogP contribution in [0.3, 0.4) is 0 Å². The molecule has 0 bridgehead atoms. The molecule has 2 rings (SSSR count). The van der Waals surface area contributed by atoms with Gasteiger partial charge < -0.3 is 4.23 Å². The van der Waals surface area contributed by atoms with Gasteiger partial charge >= 0.3 is 0 Å². The Hall–Kier alpha value is 0.824. The molecule has 0 aromatic carbocycles. The fourth-order valence-electron chi connectivity index (χ4n) is 2.72. The molecule has 0 spiro atoms. The molecule has 1 aromatic rings. The van der Waals surface area contributed by atoms with Crippen molar-refractivity contribution in [2.75, 3.05) is 0 Å². The van der Waals surface area contributed by atoms with E-state index in [0.29, 0.717) is 0 Å². The predicted molar refractivity (Wildman–Crippen MR) is 87.2 cm³/mol. The first kappa shape index (κ1) is 13.3. The lowest BCUT2D eigenvalue weighted by Crippen LogP contribution is -2.53. The van der Waals surface area contributed by atoms with Crippen LogP contribution >= 0.6 is 33.9 Å². The SMILES string of the molecule is C[Si]1(C)CC[Si](C)(C)N1Cc1ccc(I)s1. The van der Waals surface area contributed by atoms with Gasteiger partial charge in [0, 0.05) is 11.4 Å². The summed E-state index contributed by atoms with van der Waals surface area (Å²) in [5, 5.41) is 0. The second-order valence-corrected chi connectivity index (χ2v) is 18.8. The molecule has 1 aliphatic heterocycles. The summed E-state index contributed by atoms with van der Waals surface area (Å²) >= 11 is 4.39. The highest BCUT2D eigenvalue weighted by Gasteiger charge is 2.46. The molecule has 1 saturated heterocycles. The summed E-state index contributed by atoms with van der Waals surface area (Å²) in [6.07, 6.45) is 0. The summed E-state index contributed by atoms with van der Waals surface area (Å²) in [7, 11) is -2.16. The monoisotopic (exact) mass is 381 g/mol. The maximum Gasteiger partial charge on any atom is 0.115 e. The predicted octanol–water partition coefficient (Wildman–Crippen LogP) is 4.58. The lowest BCUT2D eigenvalue weighted by Gasteiger charge is -2.38. The average molecular weight is 381 g/mol. The Morgan fingerprint density at radius 1 is 1.19 bits per heavy atom. The first-order valence-electron chi connectivity index (χ1n) is 5.83. The van der Waals surface area contributed by atoms with E-state index in [1.54, 1.807) is 4.88 Å². The highest BCUT2D eigenvalue weighted by molar-refractivity contribution is 14.1. The van der Waals surface area contributed by atoms with Gasteiger partial charge in [0.1, 0.15) is 16.5 Å². The van der Waals surface area contributed by atoms with Crippen molar-refractivity contribution in [1.29, 1.82) is 0 Å².